The molecule has 92 valence electrons. The van der Waals surface area contributed by atoms with Crippen molar-refractivity contribution in [3.8, 4) is 0 Å². The summed E-state index contributed by atoms with van der Waals surface area (Å²) in [5.74, 6) is 0.591. The van der Waals surface area contributed by atoms with Gasteiger partial charge in [-0.2, -0.15) is 0 Å². The first-order valence-corrected chi connectivity index (χ1v) is 6.32. The van der Waals surface area contributed by atoms with Gasteiger partial charge in [-0.1, -0.05) is 0 Å². The van der Waals surface area contributed by atoms with E-state index in [-0.39, 0.29) is 16.9 Å². The predicted octanol–water partition coefficient (Wildman–Crippen LogP) is 2.06. The minimum absolute atomic E-state index is 0.0496. The molecule has 16 heavy (non-hydrogen) atoms. The Morgan fingerprint density at radius 2 is 2.19 bits per heavy atom. The molecular formula is C13H23NO2. The predicted molar refractivity (Wildman–Crippen MR) is 63.1 cm³/mol. The average Bonchev–Trinajstić information content (AvgIpc) is 2.90. The van der Waals surface area contributed by atoms with E-state index in [9.17, 15) is 4.79 Å². The first-order chi connectivity index (χ1) is 7.40. The molecule has 0 spiro atoms. The number of nitrogens with zero attached hydrogens (tertiary/aromatic N) is 1. The Morgan fingerprint density at radius 1 is 1.50 bits per heavy atom. The average molecular weight is 225 g/mol. The van der Waals surface area contributed by atoms with E-state index in [1.807, 2.05) is 6.92 Å². The Labute approximate surface area is 98.1 Å². The summed E-state index contributed by atoms with van der Waals surface area (Å²) in [7, 11) is 0. The first kappa shape index (κ1) is 11.9. The van der Waals surface area contributed by atoms with E-state index in [0.29, 0.717) is 12.5 Å². The van der Waals surface area contributed by atoms with Crippen LogP contribution in [0.15, 0.2) is 0 Å². The molecule has 1 heterocycles. The van der Waals surface area contributed by atoms with Gasteiger partial charge < -0.3 is 4.74 Å². The third-order valence-corrected chi connectivity index (χ3v) is 4.13. The minimum Gasteiger partial charge on any atom is -0.466 e. The number of esters is 1. The van der Waals surface area contributed by atoms with Crippen molar-refractivity contribution in [2.75, 3.05) is 19.7 Å². The zero-order chi connectivity index (χ0) is 12.0. The summed E-state index contributed by atoms with van der Waals surface area (Å²) in [4.78, 5) is 14.4. The summed E-state index contributed by atoms with van der Waals surface area (Å²) >= 11 is 0. The van der Waals surface area contributed by atoms with Crippen LogP contribution in [0.25, 0.3) is 0 Å². The lowest BCUT2D eigenvalue weighted by atomic mass is 9.92. The highest BCUT2D eigenvalue weighted by atomic mass is 16.5. The number of piperidine rings is 1. The highest BCUT2D eigenvalue weighted by molar-refractivity contribution is 5.81. The van der Waals surface area contributed by atoms with Crippen LogP contribution in [0, 0.1) is 11.3 Å². The van der Waals surface area contributed by atoms with E-state index < -0.39 is 0 Å². The zero-order valence-corrected chi connectivity index (χ0v) is 10.9. The molecule has 0 aromatic carbocycles. The highest BCUT2D eigenvalue weighted by Gasteiger charge is 2.63. The Balaban J connectivity index is 1.97. The summed E-state index contributed by atoms with van der Waals surface area (Å²) in [6, 6.07) is 0. The summed E-state index contributed by atoms with van der Waals surface area (Å²) in [5, 5.41) is 0. The quantitative estimate of drug-likeness (QED) is 0.674. The van der Waals surface area contributed by atoms with E-state index >= 15 is 0 Å². The van der Waals surface area contributed by atoms with Crippen molar-refractivity contribution in [1.29, 1.82) is 0 Å². The molecule has 3 nitrogen and oxygen atoms in total. The molecule has 0 radical (unpaired) electrons. The second-order valence-corrected chi connectivity index (χ2v) is 6.14. The van der Waals surface area contributed by atoms with Gasteiger partial charge in [0.05, 0.1) is 12.0 Å². The van der Waals surface area contributed by atoms with Crippen LogP contribution in [0.5, 0.6) is 0 Å². The zero-order valence-electron chi connectivity index (χ0n) is 10.9. The number of rotatable bonds is 2. The van der Waals surface area contributed by atoms with Crippen LogP contribution >= 0.6 is 0 Å². The van der Waals surface area contributed by atoms with Crippen LogP contribution in [0.1, 0.15) is 40.5 Å². The fraction of sp³-hybridized carbons (Fsp3) is 0.923. The van der Waals surface area contributed by atoms with Gasteiger partial charge in [-0.05, 0) is 53.0 Å². The molecule has 0 aromatic rings. The molecule has 0 aromatic heterocycles. The topological polar surface area (TPSA) is 29.5 Å². The summed E-state index contributed by atoms with van der Waals surface area (Å²) in [6.07, 6.45) is 2.02. The van der Waals surface area contributed by atoms with E-state index in [1.54, 1.807) is 0 Å². The molecule has 2 rings (SSSR count). The van der Waals surface area contributed by atoms with E-state index in [0.717, 1.165) is 25.9 Å². The number of fused-ring (bicyclic) bond motifs is 1. The van der Waals surface area contributed by atoms with Gasteiger partial charge in [0, 0.05) is 12.1 Å². The van der Waals surface area contributed by atoms with Crippen LogP contribution in [-0.2, 0) is 9.53 Å². The van der Waals surface area contributed by atoms with Crippen molar-refractivity contribution >= 4 is 5.97 Å². The smallest absolute Gasteiger partial charge is 0.312 e. The van der Waals surface area contributed by atoms with Crippen molar-refractivity contribution in [3.63, 3.8) is 0 Å². The maximum atomic E-state index is 11.9. The largest absolute Gasteiger partial charge is 0.466 e. The third-order valence-electron chi connectivity index (χ3n) is 4.13. The first-order valence-electron chi connectivity index (χ1n) is 6.32. The molecular weight excluding hydrogens is 202 g/mol. The Kier molecular flexibility index (Phi) is 2.77. The number of hydrogen-bond acceptors (Lipinski definition) is 3. The van der Waals surface area contributed by atoms with E-state index in [2.05, 4.69) is 25.7 Å². The monoisotopic (exact) mass is 225 g/mol. The van der Waals surface area contributed by atoms with Crippen molar-refractivity contribution < 1.29 is 9.53 Å². The van der Waals surface area contributed by atoms with E-state index in [4.69, 9.17) is 4.74 Å². The van der Waals surface area contributed by atoms with Crippen molar-refractivity contribution in [2.45, 2.75) is 46.1 Å². The fourth-order valence-corrected chi connectivity index (χ4v) is 2.85. The van der Waals surface area contributed by atoms with Gasteiger partial charge in [-0.15, -0.1) is 0 Å². The lowest BCUT2D eigenvalue weighted by molar-refractivity contribution is -0.152. The molecule has 1 saturated heterocycles. The Morgan fingerprint density at radius 3 is 2.69 bits per heavy atom. The normalized spacial score (nSPS) is 34.4. The molecule has 1 aliphatic heterocycles. The second kappa shape index (κ2) is 3.73. The molecule has 2 fully saturated rings. The summed E-state index contributed by atoms with van der Waals surface area (Å²) < 4.78 is 5.19. The maximum Gasteiger partial charge on any atom is 0.312 e. The Bertz CT molecular complexity index is 295. The summed E-state index contributed by atoms with van der Waals surface area (Å²) in [6.45, 7) is 11.2. The van der Waals surface area contributed by atoms with Gasteiger partial charge in [0.25, 0.3) is 0 Å². The maximum absolute atomic E-state index is 11.9. The van der Waals surface area contributed by atoms with Gasteiger partial charge in [0.1, 0.15) is 0 Å². The van der Waals surface area contributed by atoms with Crippen molar-refractivity contribution in [3.05, 3.63) is 0 Å². The van der Waals surface area contributed by atoms with Crippen LogP contribution in [0.4, 0.5) is 0 Å². The minimum atomic E-state index is -0.0994. The fourth-order valence-electron chi connectivity index (χ4n) is 2.85. The van der Waals surface area contributed by atoms with Crippen LogP contribution in [-0.4, -0.2) is 36.1 Å². The van der Waals surface area contributed by atoms with Crippen LogP contribution in [0.3, 0.4) is 0 Å². The molecule has 2 unspecified atom stereocenters. The molecule has 2 atom stereocenters. The van der Waals surface area contributed by atoms with Gasteiger partial charge in [-0.25, -0.2) is 0 Å². The Hall–Kier alpha value is -0.570. The molecule has 0 N–H and O–H groups in total. The lowest BCUT2D eigenvalue weighted by Crippen LogP contribution is -2.48. The SMILES string of the molecule is CCOC(=O)C12CCN(C(C)(C)C)CC1C2. The lowest BCUT2D eigenvalue weighted by Gasteiger charge is -2.40. The molecule has 1 saturated carbocycles. The molecule has 0 amide bonds. The molecule has 2 aliphatic rings. The number of hydrogen-bond donors (Lipinski definition) is 0. The molecule has 0 bridgehead atoms. The van der Waals surface area contributed by atoms with Gasteiger partial charge in [0.15, 0.2) is 0 Å². The standard InChI is InChI=1S/C13H23NO2/c1-5-16-11(15)13-6-7-14(12(2,3)4)9-10(13)8-13/h10H,5-9H2,1-4H3. The van der Waals surface area contributed by atoms with E-state index in [1.165, 1.54) is 0 Å². The van der Waals surface area contributed by atoms with Crippen LogP contribution < -0.4 is 0 Å². The number of carbonyl (C=O) groups excluding carboxylic acids is 1. The van der Waals surface area contributed by atoms with Gasteiger partial charge in [0.2, 0.25) is 0 Å². The number of likely N-dealkylation sites (tertiary alicyclic amines) is 1. The number of ether oxygens (including phenoxy) is 1. The molecule has 1 aliphatic carbocycles. The summed E-state index contributed by atoms with van der Waals surface area (Å²) in [5.41, 5.74) is 0.126. The highest BCUT2D eigenvalue weighted by Crippen LogP contribution is 2.59. The van der Waals surface area contributed by atoms with Crippen molar-refractivity contribution in [2.24, 2.45) is 11.3 Å². The van der Waals surface area contributed by atoms with Gasteiger partial charge >= 0.3 is 5.97 Å². The molecule has 3 heteroatoms. The second-order valence-electron chi connectivity index (χ2n) is 6.14. The van der Waals surface area contributed by atoms with Gasteiger partial charge in [-0.3, -0.25) is 9.69 Å². The van der Waals surface area contributed by atoms with Crippen molar-refractivity contribution in [1.82, 2.24) is 4.90 Å². The van der Waals surface area contributed by atoms with Crippen LogP contribution in [0.2, 0.25) is 0 Å². The third kappa shape index (κ3) is 1.86. The number of carbonyl (C=O) groups is 1.